The van der Waals surface area contributed by atoms with E-state index in [4.69, 9.17) is 5.11 Å². The van der Waals surface area contributed by atoms with E-state index < -0.39 is 5.97 Å². The van der Waals surface area contributed by atoms with Gasteiger partial charge in [-0.1, -0.05) is 33.3 Å². The van der Waals surface area contributed by atoms with Crippen molar-refractivity contribution in [2.75, 3.05) is 6.54 Å². The number of carbonyl (C=O) groups is 2. The van der Waals surface area contributed by atoms with Gasteiger partial charge in [-0.2, -0.15) is 0 Å². The molecule has 0 radical (unpaired) electrons. The molecule has 1 aliphatic rings. The number of carbonyl (C=O) groups excluding carboxylic acids is 1. The van der Waals surface area contributed by atoms with E-state index in [1.54, 1.807) is 0 Å². The Morgan fingerprint density at radius 2 is 2.22 bits per heavy atom. The molecule has 1 fully saturated rings. The van der Waals surface area contributed by atoms with E-state index in [0.29, 0.717) is 6.54 Å². The van der Waals surface area contributed by atoms with Gasteiger partial charge in [0, 0.05) is 11.0 Å². The van der Waals surface area contributed by atoms with Crippen molar-refractivity contribution >= 4 is 27.8 Å². The highest BCUT2D eigenvalue weighted by Gasteiger charge is 2.30. The average Bonchev–Trinajstić information content (AvgIpc) is 3.16. The minimum atomic E-state index is -1.16. The summed E-state index contributed by atoms with van der Waals surface area (Å²) in [4.78, 5) is 25.2. The first-order valence-electron chi connectivity index (χ1n) is 7.23. The summed E-state index contributed by atoms with van der Waals surface area (Å²) in [5, 5.41) is 16.1. The van der Waals surface area contributed by atoms with Gasteiger partial charge in [0.15, 0.2) is 5.69 Å². The summed E-state index contributed by atoms with van der Waals surface area (Å²) < 4.78 is 2.25. The first-order chi connectivity index (χ1) is 11.0. The number of likely N-dealkylation sites (tertiary alicyclic amines) is 1. The first kappa shape index (κ1) is 15.7. The molecule has 2 aromatic rings. The van der Waals surface area contributed by atoms with Crippen LogP contribution < -0.4 is 0 Å². The zero-order valence-electron chi connectivity index (χ0n) is 12.2. The highest BCUT2D eigenvalue weighted by Crippen LogP contribution is 2.33. The monoisotopic (exact) mass is 378 g/mol. The number of amides is 1. The second-order valence-corrected chi connectivity index (χ2v) is 6.32. The summed E-state index contributed by atoms with van der Waals surface area (Å²) in [7, 11) is 0. The normalized spacial score (nSPS) is 17.4. The van der Waals surface area contributed by atoms with Crippen LogP contribution in [0.1, 0.15) is 34.9 Å². The molecule has 1 unspecified atom stereocenters. The zero-order chi connectivity index (χ0) is 16.4. The number of carboxylic acid groups (broad SMARTS) is 1. The third kappa shape index (κ3) is 3.42. The molecule has 1 N–H and O–H groups in total. The van der Waals surface area contributed by atoms with Crippen molar-refractivity contribution < 1.29 is 14.7 Å². The molecule has 8 heteroatoms. The molecule has 0 aliphatic carbocycles. The van der Waals surface area contributed by atoms with E-state index in [-0.39, 0.29) is 24.2 Å². The van der Waals surface area contributed by atoms with Crippen LogP contribution in [-0.2, 0) is 11.3 Å². The number of hydrogen-bond donors (Lipinski definition) is 1. The van der Waals surface area contributed by atoms with E-state index >= 15 is 0 Å². The standard InChI is InChI=1S/C15H15BrN4O3/c16-11-4-1-3-10(7-11)13-5-2-6-20(13)14(21)9-19-8-12(15(22)23)17-18-19/h1,3-4,7-8,13H,2,5-6,9H2,(H,22,23). The highest BCUT2D eigenvalue weighted by molar-refractivity contribution is 9.10. The predicted octanol–water partition coefficient (Wildman–Crippen LogP) is 2.10. The van der Waals surface area contributed by atoms with Crippen LogP contribution in [0.2, 0.25) is 0 Å². The van der Waals surface area contributed by atoms with Crippen molar-refractivity contribution in [3.63, 3.8) is 0 Å². The van der Waals surface area contributed by atoms with Crippen molar-refractivity contribution in [1.82, 2.24) is 19.9 Å². The molecule has 120 valence electrons. The van der Waals surface area contributed by atoms with Gasteiger partial charge >= 0.3 is 5.97 Å². The molecular weight excluding hydrogens is 364 g/mol. The van der Waals surface area contributed by atoms with Crippen LogP contribution in [0, 0.1) is 0 Å². The molecule has 0 spiro atoms. The Morgan fingerprint density at radius 1 is 1.39 bits per heavy atom. The molecule has 1 saturated heterocycles. The Hall–Kier alpha value is -2.22. The molecule has 7 nitrogen and oxygen atoms in total. The lowest BCUT2D eigenvalue weighted by atomic mass is 10.0. The maximum atomic E-state index is 12.5. The minimum Gasteiger partial charge on any atom is -0.476 e. The van der Waals surface area contributed by atoms with Gasteiger partial charge in [-0.15, -0.1) is 5.10 Å². The van der Waals surface area contributed by atoms with Crippen molar-refractivity contribution in [2.45, 2.75) is 25.4 Å². The van der Waals surface area contributed by atoms with Crippen molar-refractivity contribution in [2.24, 2.45) is 0 Å². The molecule has 1 aromatic heterocycles. The fourth-order valence-corrected chi connectivity index (χ4v) is 3.25. The molecule has 1 aromatic carbocycles. The maximum Gasteiger partial charge on any atom is 0.358 e. The van der Waals surface area contributed by atoms with E-state index in [9.17, 15) is 9.59 Å². The van der Waals surface area contributed by atoms with Gasteiger partial charge in [-0.25, -0.2) is 9.48 Å². The van der Waals surface area contributed by atoms with Crippen LogP contribution in [0.4, 0.5) is 0 Å². The van der Waals surface area contributed by atoms with Gasteiger partial charge in [0.05, 0.1) is 12.2 Å². The van der Waals surface area contributed by atoms with Gasteiger partial charge in [0.2, 0.25) is 5.91 Å². The number of carboxylic acids is 1. The van der Waals surface area contributed by atoms with Gasteiger partial charge in [0.1, 0.15) is 6.54 Å². The lowest BCUT2D eigenvalue weighted by Gasteiger charge is -2.25. The summed E-state index contributed by atoms with van der Waals surface area (Å²) in [6.45, 7) is 0.682. The number of benzene rings is 1. The molecule has 3 rings (SSSR count). The lowest BCUT2D eigenvalue weighted by Crippen LogP contribution is -2.33. The predicted molar refractivity (Wildman–Crippen MR) is 84.8 cm³/mol. The second kappa shape index (κ2) is 6.49. The number of halogens is 1. The second-order valence-electron chi connectivity index (χ2n) is 5.41. The third-order valence-electron chi connectivity index (χ3n) is 3.86. The average molecular weight is 379 g/mol. The third-order valence-corrected chi connectivity index (χ3v) is 4.35. The topological polar surface area (TPSA) is 88.3 Å². The quantitative estimate of drug-likeness (QED) is 0.879. The molecule has 0 saturated carbocycles. The molecule has 1 atom stereocenters. The van der Waals surface area contributed by atoms with Gasteiger partial charge < -0.3 is 10.0 Å². The minimum absolute atomic E-state index is 0.00914. The van der Waals surface area contributed by atoms with Crippen LogP contribution >= 0.6 is 15.9 Å². The number of aromatic carboxylic acids is 1. The Labute approximate surface area is 141 Å². The van der Waals surface area contributed by atoms with Crippen molar-refractivity contribution in [1.29, 1.82) is 0 Å². The highest BCUT2D eigenvalue weighted by atomic mass is 79.9. The molecule has 1 amide bonds. The van der Waals surface area contributed by atoms with Crippen LogP contribution in [0.15, 0.2) is 34.9 Å². The summed E-state index contributed by atoms with van der Waals surface area (Å²) in [6, 6.07) is 7.99. The van der Waals surface area contributed by atoms with E-state index in [1.165, 1.54) is 10.9 Å². The lowest BCUT2D eigenvalue weighted by molar-refractivity contribution is -0.133. The van der Waals surface area contributed by atoms with Crippen LogP contribution in [0.5, 0.6) is 0 Å². The number of rotatable bonds is 4. The van der Waals surface area contributed by atoms with E-state index in [0.717, 1.165) is 22.9 Å². The Morgan fingerprint density at radius 3 is 2.91 bits per heavy atom. The molecule has 23 heavy (non-hydrogen) atoms. The number of hydrogen-bond acceptors (Lipinski definition) is 4. The molecular formula is C15H15BrN4O3. The smallest absolute Gasteiger partial charge is 0.358 e. The van der Waals surface area contributed by atoms with Gasteiger partial charge in [-0.3, -0.25) is 4.79 Å². The van der Waals surface area contributed by atoms with Crippen molar-refractivity contribution in [3.05, 3.63) is 46.2 Å². The Bertz CT molecular complexity index is 746. The first-order valence-corrected chi connectivity index (χ1v) is 8.02. The van der Waals surface area contributed by atoms with Crippen LogP contribution in [0.3, 0.4) is 0 Å². The summed E-state index contributed by atoms with van der Waals surface area (Å²) in [6.07, 6.45) is 3.13. The maximum absolute atomic E-state index is 12.5. The fraction of sp³-hybridized carbons (Fsp3) is 0.333. The molecule has 2 heterocycles. The zero-order valence-corrected chi connectivity index (χ0v) is 13.8. The number of aromatic nitrogens is 3. The van der Waals surface area contributed by atoms with Gasteiger partial charge in [0.25, 0.3) is 0 Å². The Kier molecular flexibility index (Phi) is 4.42. The van der Waals surface area contributed by atoms with E-state index in [2.05, 4.69) is 26.2 Å². The molecule has 0 bridgehead atoms. The summed E-state index contributed by atoms with van der Waals surface area (Å²) in [5.74, 6) is -1.24. The SMILES string of the molecule is O=C(O)c1cn(CC(=O)N2CCCC2c2cccc(Br)c2)nn1. The molecule has 1 aliphatic heterocycles. The van der Waals surface area contributed by atoms with Crippen molar-refractivity contribution in [3.8, 4) is 0 Å². The largest absolute Gasteiger partial charge is 0.476 e. The Balaban J connectivity index is 1.74. The van der Waals surface area contributed by atoms with Gasteiger partial charge in [-0.05, 0) is 30.5 Å². The van der Waals surface area contributed by atoms with Crippen LogP contribution in [-0.4, -0.2) is 43.4 Å². The fourth-order valence-electron chi connectivity index (χ4n) is 2.83. The van der Waals surface area contributed by atoms with Crippen LogP contribution in [0.25, 0.3) is 0 Å². The van der Waals surface area contributed by atoms with E-state index in [1.807, 2.05) is 29.2 Å². The number of nitrogens with zero attached hydrogens (tertiary/aromatic N) is 4. The summed E-state index contributed by atoms with van der Waals surface area (Å²) in [5.41, 5.74) is 0.929. The summed E-state index contributed by atoms with van der Waals surface area (Å²) >= 11 is 3.45.